The molecule has 7 nitrogen and oxygen atoms in total. The first-order valence-electron chi connectivity index (χ1n) is 17.1. The van der Waals surface area contributed by atoms with Crippen molar-refractivity contribution in [3.05, 3.63) is 196 Å². The highest BCUT2D eigenvalue weighted by Gasteiger charge is 2.13. The molecule has 0 amide bonds. The number of nitrogens with zero attached hydrogens (tertiary/aromatic N) is 1. The molecule has 0 saturated carbocycles. The SMILES string of the molecule is COC(=O)c1ccc(C#Cc2ccc(N(c3ccc(C#Cc4ccc(COC=O)cc4)cc3)c3ccc(C#Cc4ccc(C(=O)OC)cc4)cc3)cc2)cc1. The normalized spacial score (nSPS) is 9.85. The summed E-state index contributed by atoms with van der Waals surface area (Å²) >= 11 is 0. The molecule has 0 fully saturated rings. The maximum absolute atomic E-state index is 11.8. The minimum absolute atomic E-state index is 0.226. The van der Waals surface area contributed by atoms with Crippen LogP contribution in [-0.4, -0.2) is 32.6 Å². The van der Waals surface area contributed by atoms with E-state index in [2.05, 4.69) is 40.4 Å². The summed E-state index contributed by atoms with van der Waals surface area (Å²) in [5, 5.41) is 0. The van der Waals surface area contributed by atoms with Gasteiger partial charge in [-0.1, -0.05) is 47.7 Å². The fourth-order valence-corrected chi connectivity index (χ4v) is 5.39. The Hall–Kier alpha value is -7.79. The Morgan fingerprint density at radius 2 is 0.727 bits per heavy atom. The lowest BCUT2D eigenvalue weighted by molar-refractivity contribution is -0.129. The van der Waals surface area contributed by atoms with Crippen molar-refractivity contribution in [3.8, 4) is 35.5 Å². The topological polar surface area (TPSA) is 82.1 Å². The molecule has 0 bridgehead atoms. The summed E-state index contributed by atoms with van der Waals surface area (Å²) in [6.45, 7) is 0.660. The van der Waals surface area contributed by atoms with Crippen LogP contribution in [0.2, 0.25) is 0 Å². The number of esters is 2. The number of hydrogen-bond acceptors (Lipinski definition) is 7. The smallest absolute Gasteiger partial charge is 0.337 e. The first kappa shape index (κ1) is 37.0. The van der Waals surface area contributed by atoms with Crippen molar-refractivity contribution in [2.24, 2.45) is 0 Å². The van der Waals surface area contributed by atoms with Gasteiger partial charge in [0, 0.05) is 50.4 Å². The van der Waals surface area contributed by atoms with Crippen LogP contribution in [0.3, 0.4) is 0 Å². The zero-order valence-electron chi connectivity index (χ0n) is 30.0. The third-order valence-electron chi connectivity index (χ3n) is 8.31. The summed E-state index contributed by atoms with van der Waals surface area (Å²) in [5.41, 5.74) is 9.55. The monoisotopic (exact) mass is 719 g/mol. The maximum Gasteiger partial charge on any atom is 0.337 e. The van der Waals surface area contributed by atoms with Gasteiger partial charge in [0.05, 0.1) is 25.3 Å². The van der Waals surface area contributed by atoms with E-state index in [9.17, 15) is 14.4 Å². The Balaban J connectivity index is 1.25. The van der Waals surface area contributed by atoms with Crippen molar-refractivity contribution < 1.29 is 28.6 Å². The Morgan fingerprint density at radius 1 is 0.455 bits per heavy atom. The molecular formula is C48H33NO6. The lowest BCUT2D eigenvalue weighted by Crippen LogP contribution is -2.10. The Kier molecular flexibility index (Phi) is 12.2. The van der Waals surface area contributed by atoms with Gasteiger partial charge in [0.25, 0.3) is 6.47 Å². The molecule has 0 aliphatic rings. The number of hydrogen-bond donors (Lipinski definition) is 0. The highest BCUT2D eigenvalue weighted by atomic mass is 16.5. The Bertz CT molecular complexity index is 2350. The van der Waals surface area contributed by atoms with E-state index in [0.29, 0.717) is 17.6 Å². The predicted octanol–water partition coefficient (Wildman–Crippen LogP) is 8.60. The van der Waals surface area contributed by atoms with Gasteiger partial charge in [-0.3, -0.25) is 4.79 Å². The van der Waals surface area contributed by atoms with E-state index in [1.807, 2.05) is 97.1 Å². The molecule has 6 aromatic carbocycles. The maximum atomic E-state index is 11.8. The van der Waals surface area contributed by atoms with E-state index in [1.54, 1.807) is 48.5 Å². The van der Waals surface area contributed by atoms with E-state index >= 15 is 0 Å². The average Bonchev–Trinajstić information content (AvgIpc) is 3.25. The number of carbonyl (C=O) groups is 3. The van der Waals surface area contributed by atoms with Crippen LogP contribution >= 0.6 is 0 Å². The van der Waals surface area contributed by atoms with E-state index < -0.39 is 0 Å². The lowest BCUT2D eigenvalue weighted by atomic mass is 10.1. The third-order valence-corrected chi connectivity index (χ3v) is 8.31. The zero-order valence-corrected chi connectivity index (χ0v) is 30.0. The summed E-state index contributed by atoms with van der Waals surface area (Å²) in [7, 11) is 2.71. The number of anilines is 3. The van der Waals surface area contributed by atoms with E-state index in [1.165, 1.54) is 14.2 Å². The molecule has 0 spiro atoms. The first-order chi connectivity index (χ1) is 26.9. The van der Waals surface area contributed by atoms with E-state index in [4.69, 9.17) is 14.2 Å². The van der Waals surface area contributed by atoms with Gasteiger partial charge < -0.3 is 19.1 Å². The third kappa shape index (κ3) is 9.96. The fourth-order valence-electron chi connectivity index (χ4n) is 5.39. The minimum atomic E-state index is -0.389. The van der Waals surface area contributed by atoms with Crippen LogP contribution < -0.4 is 4.90 Å². The van der Waals surface area contributed by atoms with Gasteiger partial charge in [-0.25, -0.2) is 9.59 Å². The molecule has 0 aromatic heterocycles. The van der Waals surface area contributed by atoms with Crippen LogP contribution in [0.25, 0.3) is 0 Å². The Morgan fingerprint density at radius 3 is 1.00 bits per heavy atom. The van der Waals surface area contributed by atoms with Crippen molar-refractivity contribution >= 4 is 35.5 Å². The molecule has 6 aromatic rings. The second kappa shape index (κ2) is 18.1. The molecule has 0 radical (unpaired) electrons. The van der Waals surface area contributed by atoms with Crippen LogP contribution in [0.15, 0.2) is 146 Å². The molecule has 0 unspecified atom stereocenters. The van der Waals surface area contributed by atoms with Crippen molar-refractivity contribution in [2.45, 2.75) is 6.61 Å². The van der Waals surface area contributed by atoms with Crippen LogP contribution in [0, 0.1) is 35.5 Å². The molecule has 0 atom stereocenters. The highest BCUT2D eigenvalue weighted by molar-refractivity contribution is 5.90. The van der Waals surface area contributed by atoms with Gasteiger partial charge in [0.15, 0.2) is 0 Å². The number of carbonyl (C=O) groups excluding carboxylic acids is 3. The fraction of sp³-hybridized carbons (Fsp3) is 0.0625. The number of benzene rings is 6. The summed E-state index contributed by atoms with van der Waals surface area (Å²) in [6.07, 6.45) is 0. The molecule has 55 heavy (non-hydrogen) atoms. The highest BCUT2D eigenvalue weighted by Crippen LogP contribution is 2.34. The predicted molar refractivity (Wildman–Crippen MR) is 212 cm³/mol. The molecule has 0 N–H and O–H groups in total. The van der Waals surface area contributed by atoms with Crippen molar-refractivity contribution in [2.75, 3.05) is 19.1 Å². The second-order valence-corrected chi connectivity index (χ2v) is 12.0. The molecule has 266 valence electrons. The van der Waals surface area contributed by atoms with Gasteiger partial charge in [-0.05, 0) is 139 Å². The van der Waals surface area contributed by atoms with Gasteiger partial charge in [-0.2, -0.15) is 0 Å². The average molecular weight is 720 g/mol. The molecule has 0 aliphatic carbocycles. The second-order valence-electron chi connectivity index (χ2n) is 12.0. The van der Waals surface area contributed by atoms with Gasteiger partial charge in [0.1, 0.15) is 6.61 Å². The van der Waals surface area contributed by atoms with Gasteiger partial charge in [-0.15, -0.1) is 0 Å². The number of methoxy groups -OCH3 is 2. The van der Waals surface area contributed by atoms with Crippen LogP contribution in [0.1, 0.15) is 59.7 Å². The quantitative estimate of drug-likeness (QED) is 0.0675. The van der Waals surface area contributed by atoms with E-state index in [0.717, 1.165) is 56.0 Å². The van der Waals surface area contributed by atoms with Gasteiger partial charge in [0.2, 0.25) is 0 Å². The summed E-state index contributed by atoms with van der Waals surface area (Å²) in [4.78, 5) is 36.2. The summed E-state index contributed by atoms with van der Waals surface area (Å²) in [5.74, 6) is 18.4. The lowest BCUT2D eigenvalue weighted by Gasteiger charge is -2.25. The summed E-state index contributed by atoms with van der Waals surface area (Å²) in [6, 6.07) is 45.5. The van der Waals surface area contributed by atoms with Crippen molar-refractivity contribution in [3.63, 3.8) is 0 Å². The molecule has 6 rings (SSSR count). The Labute approximate surface area is 320 Å². The van der Waals surface area contributed by atoms with Crippen LogP contribution in [0.5, 0.6) is 0 Å². The molecular weight excluding hydrogens is 687 g/mol. The summed E-state index contributed by atoms with van der Waals surface area (Å²) < 4.78 is 14.4. The van der Waals surface area contributed by atoms with Crippen LogP contribution in [0.4, 0.5) is 17.1 Å². The number of rotatable bonds is 8. The molecule has 7 heteroatoms. The minimum Gasteiger partial charge on any atom is -0.465 e. The van der Waals surface area contributed by atoms with Gasteiger partial charge >= 0.3 is 11.9 Å². The van der Waals surface area contributed by atoms with E-state index in [-0.39, 0.29) is 18.5 Å². The molecule has 0 saturated heterocycles. The van der Waals surface area contributed by atoms with Crippen molar-refractivity contribution in [1.29, 1.82) is 0 Å². The molecule has 0 heterocycles. The standard InChI is InChI=1S/C48H33NO6/c1-53-47(51)42-23-13-36(14-24-42)4-7-39-19-29-45(30-20-39)49(44-27-17-38(18-28-44)6-3-35-9-11-41(12-10-35)33-55-34-50)46-31-21-40(22-32-46)8-5-37-15-25-43(26-16-37)48(52)54-2/h9-32,34H,33H2,1-2H3. The largest absolute Gasteiger partial charge is 0.465 e. The van der Waals surface area contributed by atoms with Crippen molar-refractivity contribution in [1.82, 2.24) is 0 Å². The van der Waals surface area contributed by atoms with Crippen LogP contribution in [-0.2, 0) is 25.6 Å². The molecule has 0 aliphatic heterocycles. The first-order valence-corrected chi connectivity index (χ1v) is 17.1. The number of ether oxygens (including phenoxy) is 3. The zero-order chi connectivity index (χ0) is 38.4.